The summed E-state index contributed by atoms with van der Waals surface area (Å²) in [5, 5.41) is 0. The largest absolute Gasteiger partial charge is 0.285 e. The average Bonchev–Trinajstić information content (AvgIpc) is 2.17. The number of nitrogens with zero attached hydrogens (tertiary/aromatic N) is 1. The summed E-state index contributed by atoms with van der Waals surface area (Å²) >= 11 is 0. The van der Waals surface area contributed by atoms with Gasteiger partial charge in [-0.05, 0) is 18.2 Å². The van der Waals surface area contributed by atoms with Crippen LogP contribution in [0.25, 0.3) is 0 Å². The molecule has 0 unspecified atom stereocenters. The minimum absolute atomic E-state index is 0.148. The lowest BCUT2D eigenvalue weighted by Crippen LogP contribution is -1.85. The van der Waals surface area contributed by atoms with E-state index in [2.05, 4.69) is 4.99 Å². The van der Waals surface area contributed by atoms with E-state index in [-0.39, 0.29) is 16.8 Å². The Labute approximate surface area is 73.9 Å². The van der Waals surface area contributed by atoms with Crippen molar-refractivity contribution in [2.24, 2.45) is 4.99 Å². The smallest absolute Gasteiger partial charge is 0.240 e. The predicted molar refractivity (Wildman–Crippen MR) is 43.8 cm³/mol. The van der Waals surface area contributed by atoms with E-state index >= 15 is 0 Å². The zero-order chi connectivity index (χ0) is 9.68. The minimum atomic E-state index is 0.148. The number of benzene rings is 1. The van der Waals surface area contributed by atoms with Gasteiger partial charge in [-0.3, -0.25) is 9.59 Å². The Kier molecular flexibility index (Phi) is 2.84. The summed E-state index contributed by atoms with van der Waals surface area (Å²) in [5.41, 5.74) is 0.485. The summed E-state index contributed by atoms with van der Waals surface area (Å²) < 4.78 is 0. The fraction of sp³-hybridized carbons (Fsp3) is 0. The lowest BCUT2D eigenvalue weighted by Gasteiger charge is -1.93. The van der Waals surface area contributed by atoms with E-state index in [0.29, 0.717) is 0 Å². The van der Waals surface area contributed by atoms with Crippen LogP contribution in [0.5, 0.6) is 0 Å². The van der Waals surface area contributed by atoms with Gasteiger partial charge in [0.2, 0.25) is 18.7 Å². The minimum Gasteiger partial charge on any atom is -0.285 e. The Morgan fingerprint density at radius 2 is 1.46 bits per heavy atom. The van der Waals surface area contributed by atoms with Crippen LogP contribution in [-0.2, 0) is 14.4 Å². The molecule has 0 atom stereocenters. The summed E-state index contributed by atoms with van der Waals surface area (Å²) in [7, 11) is 0. The first-order chi connectivity index (χ1) is 6.30. The molecule has 0 aromatic heterocycles. The molecule has 0 amide bonds. The molecule has 1 rings (SSSR count). The van der Waals surface area contributed by atoms with Crippen molar-refractivity contribution in [1.29, 1.82) is 0 Å². The third kappa shape index (κ3) is 2.18. The first kappa shape index (κ1) is 9.03. The lowest BCUT2D eigenvalue weighted by atomic mass is 10.1. The molecule has 0 spiro atoms. The number of aliphatic imine (C=N–C) groups is 1. The van der Waals surface area contributed by atoms with Crippen molar-refractivity contribution in [3.8, 4) is 0 Å². The Balaban J connectivity index is 3.29. The van der Waals surface area contributed by atoms with Crippen molar-refractivity contribution < 1.29 is 14.4 Å². The maximum Gasteiger partial charge on any atom is 0.240 e. The summed E-state index contributed by atoms with van der Waals surface area (Å²) in [6.45, 7) is 0. The van der Waals surface area contributed by atoms with E-state index in [0.717, 1.165) is 0 Å². The van der Waals surface area contributed by atoms with Crippen molar-refractivity contribution in [2.75, 3.05) is 0 Å². The van der Waals surface area contributed by atoms with Crippen LogP contribution in [0, 0.1) is 0 Å². The number of isocyanates is 1. The second-order valence-electron chi connectivity index (χ2n) is 2.18. The molecule has 4 heteroatoms. The molecule has 0 saturated carbocycles. The fourth-order valence-electron chi connectivity index (χ4n) is 0.846. The highest BCUT2D eigenvalue weighted by atomic mass is 16.1. The first-order valence-electron chi connectivity index (χ1n) is 3.29. The lowest BCUT2D eigenvalue weighted by molar-refractivity contribution is 0.561. The van der Waals surface area contributed by atoms with Crippen LogP contribution in [0.4, 0.5) is 5.69 Å². The van der Waals surface area contributed by atoms with Gasteiger partial charge >= 0.3 is 0 Å². The predicted octanol–water partition coefficient (Wildman–Crippen LogP) is 0.570. The zero-order valence-electron chi connectivity index (χ0n) is 6.40. The molecular formula is C9H3NO3. The van der Waals surface area contributed by atoms with E-state index in [4.69, 9.17) is 0 Å². The molecule has 13 heavy (non-hydrogen) atoms. The van der Waals surface area contributed by atoms with Gasteiger partial charge in [-0.1, -0.05) is 0 Å². The van der Waals surface area contributed by atoms with Crippen LogP contribution in [0.15, 0.2) is 23.2 Å². The van der Waals surface area contributed by atoms with Gasteiger partial charge in [0, 0.05) is 11.1 Å². The molecule has 2 radical (unpaired) electrons. The SMILES string of the molecule is O=[C]c1cc([C]=O)cc(N=C=O)c1. The highest BCUT2D eigenvalue weighted by Gasteiger charge is 1.99. The van der Waals surface area contributed by atoms with E-state index in [1.807, 2.05) is 0 Å². The standard InChI is InChI=1S/C9H3NO3/c11-4-7-1-8(5-12)3-9(2-7)10-6-13/h1-3H. The van der Waals surface area contributed by atoms with Crippen LogP contribution in [0.3, 0.4) is 0 Å². The van der Waals surface area contributed by atoms with Crippen LogP contribution in [0.1, 0.15) is 11.1 Å². The van der Waals surface area contributed by atoms with E-state index in [1.54, 1.807) is 12.6 Å². The number of hydrogen-bond acceptors (Lipinski definition) is 4. The van der Waals surface area contributed by atoms with Gasteiger partial charge in [-0.2, -0.15) is 4.99 Å². The quantitative estimate of drug-likeness (QED) is 0.495. The Hall–Kier alpha value is -2.06. The topological polar surface area (TPSA) is 63.6 Å². The summed E-state index contributed by atoms with van der Waals surface area (Å²) in [6.07, 6.45) is 4.47. The molecule has 0 aliphatic rings. The third-order valence-corrected chi connectivity index (χ3v) is 1.33. The summed E-state index contributed by atoms with van der Waals surface area (Å²) in [6, 6.07) is 3.93. The molecule has 0 heterocycles. The summed E-state index contributed by atoms with van der Waals surface area (Å²) in [4.78, 5) is 33.6. The highest BCUT2D eigenvalue weighted by molar-refractivity contribution is 5.84. The monoisotopic (exact) mass is 173 g/mol. The van der Waals surface area contributed by atoms with Crippen LogP contribution in [-0.4, -0.2) is 18.7 Å². The number of hydrogen-bond donors (Lipinski definition) is 0. The van der Waals surface area contributed by atoms with Gasteiger partial charge in [0.15, 0.2) is 0 Å². The van der Waals surface area contributed by atoms with Gasteiger partial charge in [0.05, 0.1) is 5.69 Å². The fourth-order valence-corrected chi connectivity index (χ4v) is 0.846. The van der Waals surface area contributed by atoms with Crippen molar-refractivity contribution in [1.82, 2.24) is 0 Å². The van der Waals surface area contributed by atoms with Crippen LogP contribution >= 0.6 is 0 Å². The number of rotatable bonds is 3. The van der Waals surface area contributed by atoms with E-state index < -0.39 is 0 Å². The Morgan fingerprint density at radius 1 is 0.923 bits per heavy atom. The highest BCUT2D eigenvalue weighted by Crippen LogP contribution is 2.14. The molecule has 0 aliphatic carbocycles. The average molecular weight is 173 g/mol. The molecule has 0 bridgehead atoms. The zero-order valence-corrected chi connectivity index (χ0v) is 6.40. The molecule has 0 fully saturated rings. The molecule has 1 aromatic carbocycles. The molecule has 0 saturated heterocycles. The van der Waals surface area contributed by atoms with Gasteiger partial charge in [0.25, 0.3) is 0 Å². The number of carbonyl (C=O) groups excluding carboxylic acids is 3. The van der Waals surface area contributed by atoms with Crippen molar-refractivity contribution in [3.05, 3.63) is 29.3 Å². The van der Waals surface area contributed by atoms with Crippen molar-refractivity contribution in [2.45, 2.75) is 0 Å². The molecule has 62 valence electrons. The van der Waals surface area contributed by atoms with Crippen LogP contribution in [0.2, 0.25) is 0 Å². The molecule has 0 aliphatic heterocycles. The Morgan fingerprint density at radius 3 is 1.85 bits per heavy atom. The molecule has 1 aromatic rings. The van der Waals surface area contributed by atoms with Gasteiger partial charge < -0.3 is 0 Å². The van der Waals surface area contributed by atoms with Crippen molar-refractivity contribution in [3.63, 3.8) is 0 Å². The third-order valence-electron chi connectivity index (χ3n) is 1.33. The molecular weight excluding hydrogens is 170 g/mol. The van der Waals surface area contributed by atoms with Gasteiger partial charge in [-0.25, -0.2) is 4.79 Å². The molecule has 0 N–H and O–H groups in total. The van der Waals surface area contributed by atoms with Crippen molar-refractivity contribution >= 4 is 24.3 Å². The maximum atomic E-state index is 10.2. The van der Waals surface area contributed by atoms with Gasteiger partial charge in [-0.15, -0.1) is 0 Å². The summed E-state index contributed by atoms with van der Waals surface area (Å²) in [5.74, 6) is 0. The molecule has 4 nitrogen and oxygen atoms in total. The maximum absolute atomic E-state index is 10.2. The van der Waals surface area contributed by atoms with E-state index in [9.17, 15) is 14.4 Å². The second kappa shape index (κ2) is 4.09. The van der Waals surface area contributed by atoms with Crippen LogP contribution < -0.4 is 0 Å². The van der Waals surface area contributed by atoms with Gasteiger partial charge in [0.1, 0.15) is 0 Å². The second-order valence-corrected chi connectivity index (χ2v) is 2.18. The van der Waals surface area contributed by atoms with E-state index in [1.165, 1.54) is 24.3 Å². The Bertz CT molecular complexity index is 366. The normalized spacial score (nSPS) is 8.62. The first-order valence-corrected chi connectivity index (χ1v) is 3.29.